The highest BCUT2D eigenvalue weighted by molar-refractivity contribution is 5.78. The van der Waals surface area contributed by atoms with Gasteiger partial charge in [0.2, 0.25) is 0 Å². The van der Waals surface area contributed by atoms with Gasteiger partial charge >= 0.3 is 0 Å². The predicted octanol–water partition coefficient (Wildman–Crippen LogP) is 2.81. The Morgan fingerprint density at radius 1 is 1.23 bits per heavy atom. The zero-order valence-electron chi connectivity index (χ0n) is 9.14. The van der Waals surface area contributed by atoms with E-state index in [4.69, 9.17) is 4.74 Å². The quantitative estimate of drug-likeness (QED) is 0.545. The van der Waals surface area contributed by atoms with Gasteiger partial charge in [0.1, 0.15) is 5.78 Å². The van der Waals surface area contributed by atoms with Crippen LogP contribution in [0.1, 0.15) is 46.5 Å². The molecule has 0 aliphatic heterocycles. The van der Waals surface area contributed by atoms with Crippen LogP contribution >= 0.6 is 0 Å². The highest BCUT2D eigenvalue weighted by atomic mass is 16.5. The number of Topliss-reactive ketones (excluding diaryl/α,β-unsaturated/α-hetero) is 1. The molecule has 0 aromatic carbocycles. The monoisotopic (exact) mass is 186 g/mol. The van der Waals surface area contributed by atoms with Crippen molar-refractivity contribution >= 4 is 5.78 Å². The Bertz CT molecular complexity index is 130. The van der Waals surface area contributed by atoms with Gasteiger partial charge in [-0.1, -0.05) is 20.8 Å². The van der Waals surface area contributed by atoms with Crippen LogP contribution in [-0.2, 0) is 9.53 Å². The van der Waals surface area contributed by atoms with Gasteiger partial charge in [-0.2, -0.15) is 0 Å². The van der Waals surface area contributed by atoms with Gasteiger partial charge in [0.25, 0.3) is 0 Å². The highest BCUT2D eigenvalue weighted by Crippen LogP contribution is 2.00. The molecule has 78 valence electrons. The number of ketones is 1. The molecule has 0 N–H and O–H groups in total. The van der Waals surface area contributed by atoms with Gasteiger partial charge in [-0.3, -0.25) is 4.79 Å². The van der Waals surface area contributed by atoms with Crippen molar-refractivity contribution in [3.8, 4) is 0 Å². The third kappa shape index (κ3) is 9.54. The Balaban J connectivity index is 3.11. The summed E-state index contributed by atoms with van der Waals surface area (Å²) in [6.45, 7) is 7.76. The van der Waals surface area contributed by atoms with Crippen LogP contribution < -0.4 is 0 Å². The molecule has 0 heterocycles. The summed E-state index contributed by atoms with van der Waals surface area (Å²) in [5.41, 5.74) is 0. The fraction of sp³-hybridized carbons (Fsp3) is 0.909. The van der Waals surface area contributed by atoms with Crippen LogP contribution in [0.5, 0.6) is 0 Å². The molecule has 0 aliphatic carbocycles. The van der Waals surface area contributed by atoms with E-state index in [0.29, 0.717) is 31.1 Å². The summed E-state index contributed by atoms with van der Waals surface area (Å²) in [7, 11) is 0. The lowest BCUT2D eigenvalue weighted by atomic mass is 10.1. The second kappa shape index (κ2) is 8.24. The molecule has 2 heteroatoms. The van der Waals surface area contributed by atoms with E-state index < -0.39 is 0 Å². The lowest BCUT2D eigenvalue weighted by Gasteiger charge is -2.05. The number of carbonyl (C=O) groups is 1. The molecular formula is C11H22O2. The molecule has 0 atom stereocenters. The largest absolute Gasteiger partial charge is 0.381 e. The minimum Gasteiger partial charge on any atom is -0.381 e. The van der Waals surface area contributed by atoms with E-state index >= 15 is 0 Å². The van der Waals surface area contributed by atoms with E-state index in [0.717, 1.165) is 19.4 Å². The summed E-state index contributed by atoms with van der Waals surface area (Å²) in [6, 6.07) is 0. The van der Waals surface area contributed by atoms with Crippen molar-refractivity contribution in [3.05, 3.63) is 0 Å². The molecule has 0 fully saturated rings. The number of carbonyl (C=O) groups excluding carboxylic acids is 1. The van der Waals surface area contributed by atoms with Crippen molar-refractivity contribution in [2.24, 2.45) is 5.92 Å². The SMILES string of the molecule is CCCC(=O)CCOCCC(C)C. The summed E-state index contributed by atoms with van der Waals surface area (Å²) in [4.78, 5) is 11.1. The third-order valence-corrected chi connectivity index (χ3v) is 1.89. The lowest BCUT2D eigenvalue weighted by Crippen LogP contribution is -2.05. The maximum atomic E-state index is 11.1. The van der Waals surface area contributed by atoms with Gasteiger partial charge in [-0.25, -0.2) is 0 Å². The highest BCUT2D eigenvalue weighted by Gasteiger charge is 2.00. The first kappa shape index (κ1) is 12.6. The topological polar surface area (TPSA) is 26.3 Å². The van der Waals surface area contributed by atoms with Crippen molar-refractivity contribution < 1.29 is 9.53 Å². The minimum atomic E-state index is 0.326. The molecule has 0 unspecified atom stereocenters. The van der Waals surface area contributed by atoms with Crippen LogP contribution in [0.4, 0.5) is 0 Å². The number of rotatable bonds is 8. The molecule has 0 aliphatic rings. The van der Waals surface area contributed by atoms with Gasteiger partial charge in [-0.15, -0.1) is 0 Å². The molecule has 0 radical (unpaired) electrons. The van der Waals surface area contributed by atoms with Crippen LogP contribution in [0.25, 0.3) is 0 Å². The van der Waals surface area contributed by atoms with Gasteiger partial charge < -0.3 is 4.74 Å². The maximum Gasteiger partial charge on any atom is 0.135 e. The Hall–Kier alpha value is -0.370. The molecule has 0 saturated heterocycles. The van der Waals surface area contributed by atoms with E-state index in [1.165, 1.54) is 0 Å². The molecule has 13 heavy (non-hydrogen) atoms. The summed E-state index contributed by atoms with van der Waals surface area (Å²) in [5.74, 6) is 1.01. The van der Waals surface area contributed by atoms with Gasteiger partial charge in [0.15, 0.2) is 0 Å². The summed E-state index contributed by atoms with van der Waals surface area (Å²) in [6.07, 6.45) is 3.33. The van der Waals surface area contributed by atoms with E-state index in [9.17, 15) is 4.79 Å². The fourth-order valence-corrected chi connectivity index (χ4v) is 1.01. The van der Waals surface area contributed by atoms with Crippen molar-refractivity contribution in [2.75, 3.05) is 13.2 Å². The second-order valence-corrected chi connectivity index (χ2v) is 3.83. The first-order valence-electron chi connectivity index (χ1n) is 5.26. The standard InChI is InChI=1S/C11H22O2/c1-4-5-11(12)7-9-13-8-6-10(2)3/h10H,4-9H2,1-3H3. The third-order valence-electron chi connectivity index (χ3n) is 1.89. The van der Waals surface area contributed by atoms with Crippen LogP contribution in [0.15, 0.2) is 0 Å². The zero-order chi connectivity index (χ0) is 10.1. The summed E-state index contributed by atoms with van der Waals surface area (Å²) < 4.78 is 5.34. The first-order valence-corrected chi connectivity index (χ1v) is 5.26. The summed E-state index contributed by atoms with van der Waals surface area (Å²) >= 11 is 0. The Labute approximate surface area is 81.7 Å². The van der Waals surface area contributed by atoms with Crippen molar-refractivity contribution in [1.29, 1.82) is 0 Å². The normalized spacial score (nSPS) is 10.8. The van der Waals surface area contributed by atoms with Crippen LogP contribution in [0, 0.1) is 5.92 Å². The predicted molar refractivity (Wildman–Crippen MR) is 54.8 cm³/mol. The molecule has 0 spiro atoms. The molecule has 0 amide bonds. The maximum absolute atomic E-state index is 11.1. The molecule has 0 aromatic rings. The first-order chi connectivity index (χ1) is 6.16. The van der Waals surface area contributed by atoms with E-state index in [2.05, 4.69) is 13.8 Å². The molecule has 0 rings (SSSR count). The average Bonchev–Trinajstić information content (AvgIpc) is 2.03. The van der Waals surface area contributed by atoms with Gasteiger partial charge in [0, 0.05) is 19.4 Å². The van der Waals surface area contributed by atoms with Gasteiger partial charge in [0.05, 0.1) is 6.61 Å². The van der Waals surface area contributed by atoms with Crippen LogP contribution in [-0.4, -0.2) is 19.0 Å². The molecule has 2 nitrogen and oxygen atoms in total. The van der Waals surface area contributed by atoms with E-state index in [-0.39, 0.29) is 0 Å². The minimum absolute atomic E-state index is 0.326. The fourth-order valence-electron chi connectivity index (χ4n) is 1.01. The van der Waals surface area contributed by atoms with Crippen LogP contribution in [0.2, 0.25) is 0 Å². The molecule has 0 aromatic heterocycles. The zero-order valence-corrected chi connectivity index (χ0v) is 9.14. The van der Waals surface area contributed by atoms with Gasteiger partial charge in [-0.05, 0) is 18.8 Å². The molecule has 0 bridgehead atoms. The Kier molecular flexibility index (Phi) is 8.00. The Morgan fingerprint density at radius 3 is 2.46 bits per heavy atom. The van der Waals surface area contributed by atoms with E-state index in [1.807, 2.05) is 6.92 Å². The lowest BCUT2D eigenvalue weighted by molar-refractivity contribution is -0.120. The van der Waals surface area contributed by atoms with Crippen LogP contribution in [0.3, 0.4) is 0 Å². The number of hydrogen-bond acceptors (Lipinski definition) is 2. The number of hydrogen-bond donors (Lipinski definition) is 0. The second-order valence-electron chi connectivity index (χ2n) is 3.83. The smallest absolute Gasteiger partial charge is 0.135 e. The number of ether oxygens (including phenoxy) is 1. The Morgan fingerprint density at radius 2 is 1.92 bits per heavy atom. The molecule has 0 saturated carbocycles. The van der Waals surface area contributed by atoms with Crippen molar-refractivity contribution in [3.63, 3.8) is 0 Å². The van der Waals surface area contributed by atoms with Crippen molar-refractivity contribution in [1.82, 2.24) is 0 Å². The average molecular weight is 186 g/mol. The van der Waals surface area contributed by atoms with Crippen molar-refractivity contribution in [2.45, 2.75) is 46.5 Å². The van der Waals surface area contributed by atoms with E-state index in [1.54, 1.807) is 0 Å². The summed E-state index contributed by atoms with van der Waals surface area (Å²) in [5, 5.41) is 0. The molecular weight excluding hydrogens is 164 g/mol.